The zero-order valence-electron chi connectivity index (χ0n) is 11.6. The summed E-state index contributed by atoms with van der Waals surface area (Å²) in [6.07, 6.45) is 1.10. The Bertz CT molecular complexity index is 519. The summed E-state index contributed by atoms with van der Waals surface area (Å²) in [5.74, 6) is -2.15. The molecule has 0 saturated heterocycles. The first-order chi connectivity index (χ1) is 9.30. The molecule has 6 heteroatoms. The summed E-state index contributed by atoms with van der Waals surface area (Å²) in [4.78, 5) is 22.3. The van der Waals surface area contributed by atoms with Crippen molar-refractivity contribution in [1.82, 2.24) is 5.32 Å². The molecule has 1 unspecified atom stereocenters. The van der Waals surface area contributed by atoms with E-state index in [1.54, 1.807) is 6.92 Å². The van der Waals surface area contributed by atoms with Crippen LogP contribution in [-0.2, 0) is 11.3 Å². The summed E-state index contributed by atoms with van der Waals surface area (Å²) in [6.45, 7) is 3.43. The Kier molecular flexibility index (Phi) is 5.21. The van der Waals surface area contributed by atoms with E-state index in [2.05, 4.69) is 5.32 Å². The van der Waals surface area contributed by atoms with Crippen LogP contribution in [0.4, 0.5) is 4.39 Å². The van der Waals surface area contributed by atoms with Crippen LogP contribution in [-0.4, -0.2) is 22.5 Å². The van der Waals surface area contributed by atoms with Crippen LogP contribution in [0.5, 0.6) is 0 Å². The molecule has 1 aromatic rings. The zero-order valence-corrected chi connectivity index (χ0v) is 11.6. The van der Waals surface area contributed by atoms with Crippen molar-refractivity contribution in [3.05, 3.63) is 35.1 Å². The second-order valence-corrected chi connectivity index (χ2v) is 4.91. The minimum atomic E-state index is -1.14. The molecular formula is C14H19FN2O3. The van der Waals surface area contributed by atoms with Crippen LogP contribution in [0, 0.1) is 5.82 Å². The van der Waals surface area contributed by atoms with Crippen molar-refractivity contribution in [3.63, 3.8) is 0 Å². The molecule has 5 nitrogen and oxygen atoms in total. The third kappa shape index (κ3) is 3.77. The third-order valence-corrected chi connectivity index (χ3v) is 3.22. The number of carboxylic acids is 1. The number of hydrogen-bond acceptors (Lipinski definition) is 3. The van der Waals surface area contributed by atoms with Crippen LogP contribution in [0.1, 0.15) is 42.6 Å². The van der Waals surface area contributed by atoms with Gasteiger partial charge in [0.05, 0.1) is 0 Å². The Hall–Kier alpha value is -1.95. The lowest BCUT2D eigenvalue weighted by molar-refractivity contribution is -0.144. The van der Waals surface area contributed by atoms with Crippen molar-refractivity contribution in [2.24, 2.45) is 5.73 Å². The largest absolute Gasteiger partial charge is 0.480 e. The Morgan fingerprint density at radius 2 is 2.10 bits per heavy atom. The zero-order chi connectivity index (χ0) is 15.3. The number of carbonyl (C=O) groups excluding carboxylic acids is 1. The van der Waals surface area contributed by atoms with Crippen molar-refractivity contribution in [1.29, 1.82) is 0 Å². The van der Waals surface area contributed by atoms with Crippen LogP contribution in [0.15, 0.2) is 18.2 Å². The van der Waals surface area contributed by atoms with E-state index in [-0.39, 0.29) is 17.7 Å². The summed E-state index contributed by atoms with van der Waals surface area (Å²) in [5, 5.41) is 12.1. The minimum absolute atomic E-state index is 0.00968. The van der Waals surface area contributed by atoms with Gasteiger partial charge in [0.15, 0.2) is 0 Å². The summed E-state index contributed by atoms with van der Waals surface area (Å²) >= 11 is 0. The highest BCUT2D eigenvalue weighted by Crippen LogP contribution is 2.16. The molecule has 0 saturated carbocycles. The lowest BCUT2D eigenvalue weighted by Gasteiger charge is -2.26. The average Bonchev–Trinajstić information content (AvgIpc) is 2.37. The molecule has 0 aliphatic carbocycles. The molecule has 1 atom stereocenters. The van der Waals surface area contributed by atoms with Gasteiger partial charge in [-0.25, -0.2) is 4.39 Å². The van der Waals surface area contributed by atoms with Crippen LogP contribution < -0.4 is 11.1 Å². The average molecular weight is 282 g/mol. The van der Waals surface area contributed by atoms with Gasteiger partial charge in [0, 0.05) is 17.7 Å². The number of nitrogens with two attached hydrogens (primary N) is 1. The highest BCUT2D eigenvalue weighted by atomic mass is 19.1. The molecule has 0 fully saturated rings. The van der Waals surface area contributed by atoms with Crippen LogP contribution in [0.3, 0.4) is 0 Å². The van der Waals surface area contributed by atoms with Crippen molar-refractivity contribution in [2.45, 2.75) is 38.8 Å². The van der Waals surface area contributed by atoms with Gasteiger partial charge in [0.25, 0.3) is 0 Å². The number of carbonyl (C=O) groups is 2. The highest BCUT2D eigenvalue weighted by Gasteiger charge is 2.31. The van der Waals surface area contributed by atoms with E-state index in [4.69, 9.17) is 5.73 Å². The van der Waals surface area contributed by atoms with Crippen LogP contribution in [0.2, 0.25) is 0 Å². The fraction of sp³-hybridized carbons (Fsp3) is 0.429. The molecule has 1 rings (SSSR count). The molecule has 20 heavy (non-hydrogen) atoms. The summed E-state index contributed by atoms with van der Waals surface area (Å²) in [6, 6.07) is 3.78. The number of halogens is 1. The number of carboxylic acid groups (broad SMARTS) is 1. The maximum absolute atomic E-state index is 13.7. The number of benzene rings is 1. The number of amides is 1. The van der Waals surface area contributed by atoms with Gasteiger partial charge in [0.1, 0.15) is 11.4 Å². The van der Waals surface area contributed by atoms with Crippen LogP contribution in [0.25, 0.3) is 0 Å². The number of rotatable bonds is 7. The Morgan fingerprint density at radius 1 is 1.45 bits per heavy atom. The molecule has 4 N–H and O–H groups in total. The van der Waals surface area contributed by atoms with Gasteiger partial charge in [0.2, 0.25) is 5.91 Å². The van der Waals surface area contributed by atoms with E-state index in [0.29, 0.717) is 12.8 Å². The molecule has 0 heterocycles. The number of aliphatic carboxylic acids is 1. The highest BCUT2D eigenvalue weighted by molar-refractivity contribution is 5.92. The Labute approximate surface area is 117 Å². The second kappa shape index (κ2) is 6.47. The van der Waals surface area contributed by atoms with Gasteiger partial charge >= 0.3 is 5.97 Å². The standard InChI is InChI=1S/C14H19FN2O3/c1-3-6-14(2,13(19)20)17-8-10-7-9(12(16)18)4-5-11(10)15/h4-5,7,17H,3,6,8H2,1-2H3,(H2,16,18)(H,19,20). The van der Waals surface area contributed by atoms with Gasteiger partial charge in [-0.3, -0.25) is 14.9 Å². The first-order valence-electron chi connectivity index (χ1n) is 6.37. The van der Waals surface area contributed by atoms with E-state index in [9.17, 15) is 19.1 Å². The normalized spacial score (nSPS) is 13.8. The lowest BCUT2D eigenvalue weighted by Crippen LogP contribution is -2.49. The predicted molar refractivity (Wildman–Crippen MR) is 72.7 cm³/mol. The Morgan fingerprint density at radius 3 is 2.60 bits per heavy atom. The third-order valence-electron chi connectivity index (χ3n) is 3.22. The Balaban J connectivity index is 2.90. The van der Waals surface area contributed by atoms with E-state index >= 15 is 0 Å². The monoisotopic (exact) mass is 282 g/mol. The van der Waals surface area contributed by atoms with Gasteiger partial charge < -0.3 is 10.8 Å². The van der Waals surface area contributed by atoms with Gasteiger partial charge in [-0.2, -0.15) is 0 Å². The maximum Gasteiger partial charge on any atom is 0.323 e. The lowest BCUT2D eigenvalue weighted by atomic mass is 9.95. The van der Waals surface area contributed by atoms with E-state index in [1.807, 2.05) is 6.92 Å². The molecule has 0 aliphatic heterocycles. The molecule has 0 spiro atoms. The van der Waals surface area contributed by atoms with E-state index in [1.165, 1.54) is 12.1 Å². The molecule has 1 amide bonds. The molecule has 0 aromatic heterocycles. The topological polar surface area (TPSA) is 92.4 Å². The quantitative estimate of drug-likeness (QED) is 0.709. The number of hydrogen-bond donors (Lipinski definition) is 3. The van der Waals surface area contributed by atoms with E-state index < -0.39 is 23.2 Å². The van der Waals surface area contributed by atoms with Gasteiger partial charge in [-0.1, -0.05) is 13.3 Å². The summed E-state index contributed by atoms with van der Waals surface area (Å²) in [5.41, 5.74) is 4.40. The first kappa shape index (κ1) is 16.1. The SMILES string of the molecule is CCCC(C)(NCc1cc(C(N)=O)ccc1F)C(=O)O. The van der Waals surface area contributed by atoms with Crippen molar-refractivity contribution in [3.8, 4) is 0 Å². The number of nitrogens with one attached hydrogen (secondary N) is 1. The fourth-order valence-corrected chi connectivity index (χ4v) is 1.92. The van der Waals surface area contributed by atoms with Crippen molar-refractivity contribution >= 4 is 11.9 Å². The molecule has 0 aliphatic rings. The molecule has 110 valence electrons. The fourth-order valence-electron chi connectivity index (χ4n) is 1.92. The minimum Gasteiger partial charge on any atom is -0.480 e. The molecule has 0 radical (unpaired) electrons. The van der Waals surface area contributed by atoms with Crippen molar-refractivity contribution in [2.75, 3.05) is 0 Å². The van der Waals surface area contributed by atoms with Crippen molar-refractivity contribution < 1.29 is 19.1 Å². The maximum atomic E-state index is 13.7. The summed E-state index contributed by atoms with van der Waals surface area (Å²) in [7, 11) is 0. The van der Waals surface area contributed by atoms with Crippen LogP contribution >= 0.6 is 0 Å². The number of primary amides is 1. The van der Waals surface area contributed by atoms with Gasteiger partial charge in [-0.15, -0.1) is 0 Å². The smallest absolute Gasteiger partial charge is 0.323 e. The predicted octanol–water partition coefficient (Wildman–Crippen LogP) is 1.66. The second-order valence-electron chi connectivity index (χ2n) is 4.91. The first-order valence-corrected chi connectivity index (χ1v) is 6.37. The molecule has 1 aromatic carbocycles. The molecular weight excluding hydrogens is 263 g/mol. The molecule has 0 bridgehead atoms. The van der Waals surface area contributed by atoms with E-state index in [0.717, 1.165) is 6.07 Å². The summed E-state index contributed by atoms with van der Waals surface area (Å²) < 4.78 is 13.7. The van der Waals surface area contributed by atoms with Gasteiger partial charge in [-0.05, 0) is 31.5 Å².